The summed E-state index contributed by atoms with van der Waals surface area (Å²) < 4.78 is 62.2. The Labute approximate surface area is 233 Å². The number of methoxy groups -OCH3 is 1. The number of rotatable bonds is 6. The molecule has 0 saturated carbocycles. The number of carbonyl (C=O) groups excluding carboxylic acids is 1. The lowest BCUT2D eigenvalue weighted by Gasteiger charge is -2.32. The van der Waals surface area contributed by atoms with E-state index in [1.807, 2.05) is 0 Å². The van der Waals surface area contributed by atoms with Crippen LogP contribution in [0.2, 0.25) is 0 Å². The summed E-state index contributed by atoms with van der Waals surface area (Å²) >= 11 is 0. The molecule has 2 aromatic heterocycles. The minimum atomic E-state index is -4.48. The average Bonchev–Trinajstić information content (AvgIpc) is 2.92. The molecule has 0 bridgehead atoms. The van der Waals surface area contributed by atoms with Crippen LogP contribution >= 0.6 is 0 Å². The third-order valence-corrected chi connectivity index (χ3v) is 8.41. The molecule has 3 N–H and O–H groups in total. The second-order valence-electron chi connectivity index (χ2n) is 9.58. The number of pyridine rings is 1. The Balaban J connectivity index is 1.52. The topological polar surface area (TPSA) is 150 Å². The fraction of sp³-hybridized carbons (Fsp3) is 0.259. The molecule has 0 radical (unpaired) electrons. The fourth-order valence-electron chi connectivity index (χ4n) is 4.93. The lowest BCUT2D eigenvalue weighted by atomic mass is 10.0. The second kappa shape index (κ2) is 10.8. The summed E-state index contributed by atoms with van der Waals surface area (Å²) in [7, 11) is -3.19. The number of piperidine rings is 1. The predicted octanol–water partition coefficient (Wildman–Crippen LogP) is 3.31. The monoisotopic (exact) mass is 584 g/mol. The highest BCUT2D eigenvalue weighted by atomic mass is 32.2. The molecule has 14 heteroatoms. The number of hydrogen-bond donors (Lipinski definition) is 2. The van der Waals surface area contributed by atoms with Crippen LogP contribution in [0.15, 0.2) is 58.4 Å². The van der Waals surface area contributed by atoms with Crippen LogP contribution in [0.3, 0.4) is 0 Å². The number of fused-ring (bicyclic) bond motifs is 1. The quantitative estimate of drug-likeness (QED) is 0.351. The molecule has 0 atom stereocenters. The van der Waals surface area contributed by atoms with Crippen molar-refractivity contribution in [1.82, 2.24) is 19.4 Å². The standard InChI is InChI=1S/C27H26F2N6O5S/c1-15(36)34-9-7-19(8-10-34)35-26(37)20-11-16(3-5-22(20)32-27(35)30)17-12-23(25(40-2)31-14-17)33-41(38,39)24-6-4-18(28)13-21(24)29/h3-6,11-14,19,33H,7-10H2,1-2H3,(H2,30,32). The predicted molar refractivity (Wildman–Crippen MR) is 148 cm³/mol. The number of anilines is 2. The van der Waals surface area contributed by atoms with E-state index in [4.69, 9.17) is 10.5 Å². The van der Waals surface area contributed by atoms with Crippen molar-refractivity contribution in [1.29, 1.82) is 0 Å². The number of ether oxygens (including phenoxy) is 1. The second-order valence-corrected chi connectivity index (χ2v) is 11.2. The summed E-state index contributed by atoms with van der Waals surface area (Å²) in [6.45, 7) is 2.51. The first-order chi connectivity index (χ1) is 19.5. The highest BCUT2D eigenvalue weighted by Crippen LogP contribution is 2.32. The number of carbonyl (C=O) groups is 1. The molecule has 5 rings (SSSR count). The number of hydrogen-bond acceptors (Lipinski definition) is 8. The Morgan fingerprint density at radius 2 is 1.83 bits per heavy atom. The van der Waals surface area contributed by atoms with Crippen LogP contribution in [0, 0.1) is 11.6 Å². The summed E-state index contributed by atoms with van der Waals surface area (Å²) in [6.07, 6.45) is 2.53. The molecule has 11 nitrogen and oxygen atoms in total. The Morgan fingerprint density at radius 1 is 1.10 bits per heavy atom. The van der Waals surface area contributed by atoms with E-state index in [0.29, 0.717) is 48.6 Å². The summed E-state index contributed by atoms with van der Waals surface area (Å²) in [5.74, 6) is -2.22. The average molecular weight is 585 g/mol. The van der Waals surface area contributed by atoms with Gasteiger partial charge in [-0.05, 0) is 48.7 Å². The molecule has 0 unspecified atom stereocenters. The van der Waals surface area contributed by atoms with Gasteiger partial charge in [-0.15, -0.1) is 0 Å². The molecule has 1 saturated heterocycles. The first kappa shape index (κ1) is 28.0. The number of nitrogens with two attached hydrogens (primary N) is 1. The van der Waals surface area contributed by atoms with Gasteiger partial charge in [-0.3, -0.25) is 18.9 Å². The van der Waals surface area contributed by atoms with Crippen LogP contribution in [0.5, 0.6) is 5.88 Å². The number of nitrogens with one attached hydrogen (secondary N) is 1. The number of nitrogens with zero attached hydrogens (tertiary/aromatic N) is 4. The summed E-state index contributed by atoms with van der Waals surface area (Å²) in [5, 5.41) is 0.289. The van der Waals surface area contributed by atoms with Crippen molar-refractivity contribution in [2.24, 2.45) is 0 Å². The van der Waals surface area contributed by atoms with E-state index < -0.39 is 26.6 Å². The Kier molecular flexibility index (Phi) is 7.34. The van der Waals surface area contributed by atoms with Gasteiger partial charge >= 0.3 is 0 Å². The van der Waals surface area contributed by atoms with Gasteiger partial charge in [0.05, 0.1) is 18.0 Å². The van der Waals surface area contributed by atoms with Gasteiger partial charge in [0.25, 0.3) is 15.6 Å². The lowest BCUT2D eigenvalue weighted by molar-refractivity contribution is -0.130. The smallest absolute Gasteiger partial charge is 0.264 e. The maximum Gasteiger partial charge on any atom is 0.264 e. The van der Waals surface area contributed by atoms with Crippen LogP contribution in [-0.2, 0) is 14.8 Å². The molecule has 2 aromatic carbocycles. The van der Waals surface area contributed by atoms with Gasteiger partial charge in [-0.1, -0.05) is 6.07 Å². The van der Waals surface area contributed by atoms with Crippen LogP contribution in [0.25, 0.3) is 22.0 Å². The number of aromatic nitrogens is 3. The third kappa shape index (κ3) is 5.42. The molecule has 1 fully saturated rings. The van der Waals surface area contributed by atoms with E-state index in [1.165, 1.54) is 30.9 Å². The van der Waals surface area contributed by atoms with Gasteiger partial charge in [0.15, 0.2) is 0 Å². The van der Waals surface area contributed by atoms with Crippen molar-refractivity contribution in [3.05, 3.63) is 70.6 Å². The van der Waals surface area contributed by atoms with Gasteiger partial charge < -0.3 is 15.4 Å². The minimum Gasteiger partial charge on any atom is -0.480 e. The Bertz CT molecular complexity index is 1840. The van der Waals surface area contributed by atoms with E-state index in [2.05, 4.69) is 14.7 Å². The van der Waals surface area contributed by atoms with Gasteiger partial charge in [-0.2, -0.15) is 0 Å². The molecule has 214 valence electrons. The number of benzene rings is 2. The highest BCUT2D eigenvalue weighted by Gasteiger charge is 2.26. The van der Waals surface area contributed by atoms with Crippen LogP contribution in [0.1, 0.15) is 25.8 Å². The first-order valence-electron chi connectivity index (χ1n) is 12.6. The van der Waals surface area contributed by atoms with Crippen molar-refractivity contribution < 1.29 is 26.7 Å². The normalized spacial score (nSPS) is 14.3. The number of nitrogen functional groups attached to an aromatic ring is 1. The van der Waals surface area contributed by atoms with Crippen molar-refractivity contribution in [3.8, 4) is 17.0 Å². The fourth-order valence-corrected chi connectivity index (χ4v) is 6.03. The zero-order valence-corrected chi connectivity index (χ0v) is 22.9. The zero-order chi connectivity index (χ0) is 29.5. The summed E-state index contributed by atoms with van der Waals surface area (Å²) in [6, 6.07) is 8.20. The Morgan fingerprint density at radius 3 is 2.49 bits per heavy atom. The SMILES string of the molecule is COc1ncc(-c2ccc3nc(N)n(C4CCN(C(C)=O)CC4)c(=O)c3c2)cc1NS(=O)(=O)c1ccc(F)cc1F. The summed E-state index contributed by atoms with van der Waals surface area (Å²) in [5.41, 5.74) is 7.05. The maximum absolute atomic E-state index is 14.2. The molecular formula is C27H26F2N6O5S. The molecule has 0 aliphatic carbocycles. The largest absolute Gasteiger partial charge is 0.480 e. The molecule has 1 aliphatic rings. The molecule has 4 aromatic rings. The molecule has 41 heavy (non-hydrogen) atoms. The number of amides is 1. The van der Waals surface area contributed by atoms with Gasteiger partial charge in [-0.25, -0.2) is 27.2 Å². The van der Waals surface area contributed by atoms with Crippen LogP contribution in [-0.4, -0.2) is 54.0 Å². The molecule has 1 amide bonds. The zero-order valence-electron chi connectivity index (χ0n) is 22.1. The lowest BCUT2D eigenvalue weighted by Crippen LogP contribution is -2.40. The first-order valence-corrected chi connectivity index (χ1v) is 14.1. The van der Waals surface area contributed by atoms with E-state index in [1.54, 1.807) is 23.1 Å². The van der Waals surface area contributed by atoms with E-state index >= 15 is 0 Å². The third-order valence-electron chi connectivity index (χ3n) is 7.01. The van der Waals surface area contributed by atoms with Crippen LogP contribution in [0.4, 0.5) is 20.4 Å². The maximum atomic E-state index is 14.2. The minimum absolute atomic E-state index is 0.0254. The van der Waals surface area contributed by atoms with Crippen molar-refractivity contribution >= 4 is 38.5 Å². The Hall–Kier alpha value is -4.59. The molecule has 0 spiro atoms. The van der Waals surface area contributed by atoms with Crippen molar-refractivity contribution in [2.45, 2.75) is 30.7 Å². The van der Waals surface area contributed by atoms with Crippen molar-refractivity contribution in [3.63, 3.8) is 0 Å². The van der Waals surface area contributed by atoms with Gasteiger partial charge in [0, 0.05) is 43.9 Å². The summed E-state index contributed by atoms with van der Waals surface area (Å²) in [4.78, 5) is 34.8. The number of sulfonamides is 1. The van der Waals surface area contributed by atoms with Crippen molar-refractivity contribution in [2.75, 3.05) is 30.7 Å². The molecule has 3 heterocycles. The number of halogens is 2. The van der Waals surface area contributed by atoms with E-state index in [0.717, 1.165) is 12.1 Å². The highest BCUT2D eigenvalue weighted by molar-refractivity contribution is 7.92. The van der Waals surface area contributed by atoms with E-state index in [-0.39, 0.29) is 40.4 Å². The van der Waals surface area contributed by atoms with Crippen LogP contribution < -0.4 is 20.8 Å². The molecular weight excluding hydrogens is 558 g/mol. The van der Waals surface area contributed by atoms with E-state index in [9.17, 15) is 26.8 Å². The van der Waals surface area contributed by atoms with Gasteiger partial charge in [0.1, 0.15) is 22.2 Å². The number of likely N-dealkylation sites (tertiary alicyclic amines) is 1. The molecule has 1 aliphatic heterocycles. The van der Waals surface area contributed by atoms with Gasteiger partial charge in [0.2, 0.25) is 17.7 Å².